The SMILES string of the molecule is CN(C)c1ccc2nc(-c3ccccn3)[nH]c2c1.Cc1cc(C(F)(F)F)c2nc(-c3ccccn3)[nH]c2c1.FC(F)(F)c1cccc2[nH]c(-c3ccccn3)nc12.c1ccc(-c2nc3ccc(N4CCCC4)cc3[nH]2)nc1.c1ccc(-c2nc3ccc(N4CCCCC4)cc3[nH]2)nc1.c1ccc(-c2nc3ccc(N4CCOCC4)cc3[nH]2)nc1. The lowest BCUT2D eigenvalue weighted by Gasteiger charge is -2.28. The monoisotopic (exact) mass is 1600 g/mol. The number of hydrogen-bond acceptors (Lipinski definition) is 17. The fourth-order valence-electron chi connectivity index (χ4n) is 14.3. The predicted octanol–water partition coefficient (Wildman–Crippen LogP) is 19.6. The Morgan fingerprint density at radius 3 is 1.00 bits per heavy atom. The van der Waals surface area contributed by atoms with E-state index in [4.69, 9.17) is 4.74 Å². The fourth-order valence-corrected chi connectivity index (χ4v) is 14.3. The normalized spacial score (nSPS) is 13.6. The molecule has 600 valence electrons. The van der Waals surface area contributed by atoms with Gasteiger partial charge in [0, 0.05) is 113 Å². The van der Waals surface area contributed by atoms with Gasteiger partial charge in [-0.3, -0.25) is 29.9 Å². The zero-order valence-electron chi connectivity index (χ0n) is 65.2. The molecule has 18 aromatic rings. The maximum atomic E-state index is 13.0. The van der Waals surface area contributed by atoms with Crippen LogP contribution in [0.25, 0.3) is 135 Å². The van der Waals surface area contributed by atoms with Crippen molar-refractivity contribution in [1.29, 1.82) is 0 Å². The summed E-state index contributed by atoms with van der Waals surface area (Å²) in [6.07, 6.45) is 7.94. The molecule has 12 aromatic heterocycles. The first kappa shape index (κ1) is 78.7. The van der Waals surface area contributed by atoms with Crippen molar-refractivity contribution in [3.63, 3.8) is 0 Å². The molecular weight excluding hydrogens is 1520 g/mol. The number of pyridine rings is 6. The summed E-state index contributed by atoms with van der Waals surface area (Å²) >= 11 is 0. The van der Waals surface area contributed by atoms with Gasteiger partial charge in [-0.2, -0.15) is 26.3 Å². The van der Waals surface area contributed by atoms with E-state index in [1.807, 2.05) is 93.0 Å². The van der Waals surface area contributed by atoms with Crippen LogP contribution in [0.1, 0.15) is 48.8 Å². The van der Waals surface area contributed by atoms with Crippen LogP contribution in [0.5, 0.6) is 0 Å². The van der Waals surface area contributed by atoms with Crippen LogP contribution in [0, 0.1) is 6.92 Å². The summed E-state index contributed by atoms with van der Waals surface area (Å²) in [5, 5.41) is 0. The first-order valence-electron chi connectivity index (χ1n) is 39.1. The van der Waals surface area contributed by atoms with Crippen molar-refractivity contribution in [3.8, 4) is 69.1 Å². The maximum Gasteiger partial charge on any atom is 0.418 e. The van der Waals surface area contributed by atoms with Gasteiger partial charge >= 0.3 is 12.4 Å². The molecule has 21 rings (SSSR count). The number of para-hydroxylation sites is 1. The van der Waals surface area contributed by atoms with E-state index in [2.05, 4.69) is 176 Å². The number of imidazole rings is 6. The molecule has 0 radical (unpaired) electrons. The van der Waals surface area contributed by atoms with Crippen LogP contribution in [-0.2, 0) is 17.1 Å². The van der Waals surface area contributed by atoms with Crippen molar-refractivity contribution >= 4 is 88.9 Å². The standard InChI is InChI=1S/C17H18N4.C16H16N4O.C16H16N4.C14H10F3N3.C14H14N4.C13H8F3N3/c1-4-10-21(11-5-1)13-7-8-14-16(12-13)20-17(19-14)15-6-2-3-9-18-15;1-2-6-17-14(3-1)16-18-13-5-4-12(11-15(13)19-16)20-7-9-21-10-8-20;1-2-8-17-14(5-1)16-18-13-7-6-12(11-15(13)19-16)20-9-3-4-10-20;1-8-6-9(14(15,16)17)12-11(7-8)19-13(20-12)10-4-2-3-5-18-10;1-18(2)10-6-7-11-13(9-10)17-14(16-11)12-5-3-4-8-15-12;14-13(15,16)8-4-3-6-9-11(8)19-12(18-9)10-5-1-2-7-17-10/h2-3,6-9,12H,1,4-5,10-11H2,(H,19,20);1-6,11H,7-10H2,(H,18,19);1-2,5-8,11H,3-4,9-10H2,(H,18,19);2-7H,1H3,(H,19,20);3-9H,1-2H3,(H,16,17);1-7H,(H,18,19). The summed E-state index contributed by atoms with van der Waals surface area (Å²) < 4.78 is 83.1. The molecule has 3 fully saturated rings. The number of nitrogens with one attached hydrogen (secondary N) is 6. The highest BCUT2D eigenvalue weighted by molar-refractivity contribution is 5.88. The Morgan fingerprint density at radius 1 is 0.311 bits per heavy atom. The van der Waals surface area contributed by atoms with Gasteiger partial charge in [0.2, 0.25) is 0 Å². The van der Waals surface area contributed by atoms with E-state index < -0.39 is 23.5 Å². The number of morpholine rings is 1. The number of fused-ring (bicyclic) bond motifs is 6. The number of rotatable bonds is 10. The van der Waals surface area contributed by atoms with Crippen molar-refractivity contribution in [2.75, 3.05) is 86.2 Å². The number of nitrogens with zero attached hydrogens (tertiary/aromatic N) is 16. The van der Waals surface area contributed by atoms with Gasteiger partial charge in [0.1, 0.15) is 45.2 Å². The van der Waals surface area contributed by atoms with Crippen LogP contribution < -0.4 is 19.6 Å². The van der Waals surface area contributed by atoms with Crippen LogP contribution >= 0.6 is 0 Å². The third-order valence-corrected chi connectivity index (χ3v) is 20.2. The van der Waals surface area contributed by atoms with Crippen LogP contribution in [0.4, 0.5) is 49.1 Å². The second-order valence-electron chi connectivity index (χ2n) is 28.7. The van der Waals surface area contributed by atoms with Gasteiger partial charge in [-0.1, -0.05) is 42.5 Å². The van der Waals surface area contributed by atoms with Gasteiger partial charge in [-0.15, -0.1) is 0 Å². The van der Waals surface area contributed by atoms with Gasteiger partial charge in [0.15, 0.2) is 34.9 Å². The molecule has 3 aliphatic heterocycles. The van der Waals surface area contributed by atoms with E-state index in [1.165, 1.54) is 55.2 Å². The van der Waals surface area contributed by atoms with E-state index in [1.54, 1.807) is 92.6 Å². The Balaban J connectivity index is 0.000000107. The number of aromatic nitrogens is 18. The minimum atomic E-state index is -4.43. The third kappa shape index (κ3) is 18.9. The second-order valence-corrected chi connectivity index (χ2v) is 28.7. The zero-order chi connectivity index (χ0) is 81.8. The summed E-state index contributed by atoms with van der Waals surface area (Å²) in [5.41, 5.74) is 17.2. The lowest BCUT2D eigenvalue weighted by atomic mass is 10.1. The van der Waals surface area contributed by atoms with Gasteiger partial charge in [0.05, 0.1) is 79.5 Å². The highest BCUT2D eigenvalue weighted by Gasteiger charge is 2.35. The van der Waals surface area contributed by atoms with Gasteiger partial charge in [0.25, 0.3) is 0 Å². The summed E-state index contributed by atoms with van der Waals surface area (Å²) in [4.78, 5) is 80.4. The van der Waals surface area contributed by atoms with Crippen molar-refractivity contribution in [3.05, 3.63) is 266 Å². The van der Waals surface area contributed by atoms with E-state index in [0.717, 1.165) is 161 Å². The molecule has 0 aliphatic carbocycles. The summed E-state index contributed by atoms with van der Waals surface area (Å²) in [6.45, 7) is 9.72. The van der Waals surface area contributed by atoms with Crippen molar-refractivity contribution in [2.24, 2.45) is 0 Å². The summed E-state index contributed by atoms with van der Waals surface area (Å²) in [7, 11) is 4.05. The lowest BCUT2D eigenvalue weighted by molar-refractivity contribution is -0.137. The molecule has 3 aliphatic rings. The minimum Gasteiger partial charge on any atom is -0.378 e. The number of aromatic amines is 6. The van der Waals surface area contributed by atoms with Gasteiger partial charge in [-0.05, 0) is 214 Å². The average molecular weight is 1600 g/mol. The van der Waals surface area contributed by atoms with Crippen LogP contribution in [0.3, 0.4) is 0 Å². The largest absolute Gasteiger partial charge is 0.418 e. The van der Waals surface area contributed by atoms with Crippen molar-refractivity contribution < 1.29 is 31.1 Å². The molecule has 23 nitrogen and oxygen atoms in total. The molecule has 0 unspecified atom stereocenters. The molecule has 6 N–H and O–H groups in total. The molecule has 0 spiro atoms. The van der Waals surface area contributed by atoms with E-state index >= 15 is 0 Å². The molecule has 0 amide bonds. The maximum absolute atomic E-state index is 13.0. The molecule has 0 saturated carbocycles. The van der Waals surface area contributed by atoms with Gasteiger partial charge in [-0.25, -0.2) is 29.9 Å². The second kappa shape index (κ2) is 35.5. The number of halogens is 6. The lowest BCUT2D eigenvalue weighted by Crippen LogP contribution is -2.36. The molecule has 0 atom stereocenters. The highest BCUT2D eigenvalue weighted by Crippen LogP contribution is 2.38. The molecule has 6 aromatic carbocycles. The number of aryl methyl sites for hydroxylation is 1. The third-order valence-electron chi connectivity index (χ3n) is 20.2. The molecule has 15 heterocycles. The molecular formula is C90H82F6N22O. The number of alkyl halides is 6. The molecule has 29 heteroatoms. The summed E-state index contributed by atoms with van der Waals surface area (Å²) in [5.74, 6) is 3.94. The first-order chi connectivity index (χ1) is 57.9. The van der Waals surface area contributed by atoms with Crippen molar-refractivity contribution in [2.45, 2.75) is 51.4 Å². The Morgan fingerprint density at radius 2 is 0.639 bits per heavy atom. The average Bonchev–Trinajstić information content (AvgIpc) is 1.66. The number of piperidine rings is 1. The predicted molar refractivity (Wildman–Crippen MR) is 456 cm³/mol. The fraction of sp³-hybridized carbons (Fsp3) is 0.200. The van der Waals surface area contributed by atoms with Crippen LogP contribution in [0.2, 0.25) is 0 Å². The topological polar surface area (TPSA) is 272 Å². The summed E-state index contributed by atoms with van der Waals surface area (Å²) in [6, 6.07) is 65.8. The first-order valence-corrected chi connectivity index (χ1v) is 39.1. The van der Waals surface area contributed by atoms with E-state index in [0.29, 0.717) is 39.6 Å². The van der Waals surface area contributed by atoms with E-state index in [-0.39, 0.29) is 11.0 Å². The Labute approximate surface area is 679 Å². The minimum absolute atomic E-state index is 0.0799. The van der Waals surface area contributed by atoms with E-state index in [9.17, 15) is 26.3 Å². The van der Waals surface area contributed by atoms with Crippen LogP contribution in [0.15, 0.2) is 250 Å². The number of ether oxygens (including phenoxy) is 1. The Hall–Kier alpha value is -14.2. The molecule has 119 heavy (non-hydrogen) atoms. The quantitative estimate of drug-likeness (QED) is 0.0695. The number of benzene rings is 6. The highest BCUT2D eigenvalue weighted by atomic mass is 19.4. The Kier molecular flexibility index (Phi) is 23.5. The molecule has 3 saturated heterocycles. The zero-order valence-corrected chi connectivity index (χ0v) is 65.2. The van der Waals surface area contributed by atoms with Crippen molar-refractivity contribution in [1.82, 2.24) is 89.7 Å². The smallest absolute Gasteiger partial charge is 0.378 e. The van der Waals surface area contributed by atoms with Crippen LogP contribution in [-0.4, -0.2) is 156 Å². The number of H-pyrrole nitrogens is 6. The molecule has 0 bridgehead atoms. The van der Waals surface area contributed by atoms with Gasteiger partial charge < -0.3 is 54.2 Å². The number of anilines is 4. The Bertz CT molecular complexity index is 6250. The number of hydrogen-bond donors (Lipinski definition) is 6.